The number of ether oxygens (including phenoxy) is 1. The van der Waals surface area contributed by atoms with Crippen LogP contribution in [0, 0.1) is 0 Å². The van der Waals surface area contributed by atoms with E-state index in [0.717, 1.165) is 0 Å². The lowest BCUT2D eigenvalue weighted by atomic mass is 10.1. The number of nitrogens with zero attached hydrogens (tertiary/aromatic N) is 1. The van der Waals surface area contributed by atoms with Crippen LogP contribution in [0.4, 0.5) is 0 Å². The van der Waals surface area contributed by atoms with Gasteiger partial charge in [-0.1, -0.05) is 48.0 Å². The molecule has 1 aliphatic rings. The SMILES string of the molecule is O=C([C@@H](NS(=O)(=O)c1cccc(Cl)c1)c1ccccc1)N1CCOCC1. The first-order chi connectivity index (χ1) is 12.5. The number of benzene rings is 2. The van der Waals surface area contributed by atoms with Crippen molar-refractivity contribution < 1.29 is 17.9 Å². The van der Waals surface area contributed by atoms with Crippen LogP contribution in [0.5, 0.6) is 0 Å². The molecule has 0 aliphatic carbocycles. The number of amides is 1. The molecule has 26 heavy (non-hydrogen) atoms. The summed E-state index contributed by atoms with van der Waals surface area (Å²) in [5.41, 5.74) is 0.578. The van der Waals surface area contributed by atoms with E-state index in [1.165, 1.54) is 12.1 Å². The Labute approximate surface area is 157 Å². The average molecular weight is 395 g/mol. The van der Waals surface area contributed by atoms with Gasteiger partial charge in [0.1, 0.15) is 6.04 Å². The normalized spacial score (nSPS) is 16.3. The number of carbonyl (C=O) groups is 1. The summed E-state index contributed by atoms with van der Waals surface area (Å²) < 4.78 is 33.4. The average Bonchev–Trinajstić information content (AvgIpc) is 2.67. The number of nitrogens with one attached hydrogen (secondary N) is 1. The van der Waals surface area contributed by atoms with Gasteiger partial charge < -0.3 is 9.64 Å². The van der Waals surface area contributed by atoms with Gasteiger partial charge in [-0.3, -0.25) is 4.79 Å². The highest BCUT2D eigenvalue weighted by Gasteiger charge is 2.31. The number of morpholine rings is 1. The molecule has 0 radical (unpaired) electrons. The van der Waals surface area contributed by atoms with Gasteiger partial charge in [0.15, 0.2) is 0 Å². The maximum Gasteiger partial charge on any atom is 0.245 e. The van der Waals surface area contributed by atoms with Crippen LogP contribution in [-0.4, -0.2) is 45.5 Å². The lowest BCUT2D eigenvalue weighted by Gasteiger charge is -2.30. The Balaban J connectivity index is 1.92. The summed E-state index contributed by atoms with van der Waals surface area (Å²) in [6, 6.07) is 13.7. The standard InChI is InChI=1S/C18H19ClN2O4S/c19-15-7-4-8-16(13-15)26(23,24)20-17(14-5-2-1-3-6-14)18(22)21-9-11-25-12-10-21/h1-8,13,17,20H,9-12H2/t17-/m0/s1. The fourth-order valence-electron chi connectivity index (χ4n) is 2.73. The van der Waals surface area contributed by atoms with E-state index in [0.29, 0.717) is 36.9 Å². The van der Waals surface area contributed by atoms with E-state index in [1.54, 1.807) is 41.3 Å². The molecule has 0 unspecified atom stereocenters. The van der Waals surface area contributed by atoms with Crippen molar-refractivity contribution >= 4 is 27.5 Å². The molecule has 138 valence electrons. The van der Waals surface area contributed by atoms with E-state index in [-0.39, 0.29) is 10.8 Å². The molecule has 3 rings (SSSR count). The molecule has 8 heteroatoms. The summed E-state index contributed by atoms with van der Waals surface area (Å²) in [6.45, 7) is 1.74. The van der Waals surface area contributed by atoms with E-state index < -0.39 is 16.1 Å². The molecule has 6 nitrogen and oxygen atoms in total. The lowest BCUT2D eigenvalue weighted by Crippen LogP contribution is -2.47. The van der Waals surface area contributed by atoms with Crippen molar-refractivity contribution in [3.63, 3.8) is 0 Å². The van der Waals surface area contributed by atoms with Crippen molar-refractivity contribution in [1.82, 2.24) is 9.62 Å². The van der Waals surface area contributed by atoms with E-state index in [4.69, 9.17) is 16.3 Å². The number of halogens is 1. The van der Waals surface area contributed by atoms with Gasteiger partial charge in [0.2, 0.25) is 15.9 Å². The first-order valence-electron chi connectivity index (χ1n) is 8.17. The summed E-state index contributed by atoms with van der Waals surface area (Å²) in [6.07, 6.45) is 0. The monoisotopic (exact) mass is 394 g/mol. The second kappa shape index (κ2) is 8.18. The molecule has 0 bridgehead atoms. The third-order valence-corrected chi connectivity index (χ3v) is 5.74. The summed E-state index contributed by atoms with van der Waals surface area (Å²) >= 11 is 5.91. The Morgan fingerprint density at radius 3 is 2.42 bits per heavy atom. The molecule has 0 aromatic heterocycles. The quantitative estimate of drug-likeness (QED) is 0.843. The number of hydrogen-bond acceptors (Lipinski definition) is 4. The van der Waals surface area contributed by atoms with Crippen LogP contribution in [0.1, 0.15) is 11.6 Å². The molecule has 2 aromatic carbocycles. The zero-order valence-corrected chi connectivity index (χ0v) is 15.5. The Morgan fingerprint density at radius 1 is 1.08 bits per heavy atom. The van der Waals surface area contributed by atoms with Gasteiger partial charge >= 0.3 is 0 Å². The van der Waals surface area contributed by atoms with Crippen LogP contribution in [0.2, 0.25) is 5.02 Å². The van der Waals surface area contributed by atoms with Crippen molar-refractivity contribution in [2.45, 2.75) is 10.9 Å². The van der Waals surface area contributed by atoms with Gasteiger partial charge in [-0.25, -0.2) is 8.42 Å². The topological polar surface area (TPSA) is 75.7 Å². The third-order valence-electron chi connectivity index (χ3n) is 4.08. The highest BCUT2D eigenvalue weighted by Crippen LogP contribution is 2.22. The molecule has 2 aromatic rings. The zero-order valence-electron chi connectivity index (χ0n) is 14.0. The Hall–Kier alpha value is -1.93. The second-order valence-corrected chi connectivity index (χ2v) is 8.01. The molecule has 0 saturated carbocycles. The molecule has 0 spiro atoms. The minimum atomic E-state index is -3.93. The Bertz CT molecular complexity index is 868. The molecule has 1 amide bonds. The summed E-state index contributed by atoms with van der Waals surface area (Å²) in [4.78, 5) is 14.6. The van der Waals surface area contributed by atoms with Crippen LogP contribution in [0.15, 0.2) is 59.5 Å². The van der Waals surface area contributed by atoms with E-state index in [9.17, 15) is 13.2 Å². The lowest BCUT2D eigenvalue weighted by molar-refractivity contribution is -0.137. The number of sulfonamides is 1. The zero-order chi connectivity index (χ0) is 18.6. The van der Waals surface area contributed by atoms with Crippen molar-refractivity contribution in [3.8, 4) is 0 Å². The third kappa shape index (κ3) is 4.42. The molecule has 1 N–H and O–H groups in total. The molecule has 1 atom stereocenters. The minimum Gasteiger partial charge on any atom is -0.378 e. The van der Waals surface area contributed by atoms with Crippen LogP contribution >= 0.6 is 11.6 Å². The fraction of sp³-hybridized carbons (Fsp3) is 0.278. The van der Waals surface area contributed by atoms with Gasteiger partial charge in [-0.15, -0.1) is 0 Å². The van der Waals surface area contributed by atoms with Crippen molar-refractivity contribution in [2.24, 2.45) is 0 Å². The second-order valence-electron chi connectivity index (χ2n) is 5.86. The van der Waals surface area contributed by atoms with Crippen molar-refractivity contribution in [3.05, 3.63) is 65.2 Å². The van der Waals surface area contributed by atoms with Crippen LogP contribution in [0.25, 0.3) is 0 Å². The molecular formula is C18H19ClN2O4S. The maximum absolute atomic E-state index is 13.0. The summed E-state index contributed by atoms with van der Waals surface area (Å²) in [5.74, 6) is -0.301. The minimum absolute atomic E-state index is 0.0145. The van der Waals surface area contributed by atoms with Crippen LogP contribution in [0.3, 0.4) is 0 Å². The van der Waals surface area contributed by atoms with Crippen LogP contribution < -0.4 is 4.72 Å². The molecule has 1 saturated heterocycles. The predicted molar refractivity (Wildman–Crippen MR) is 98.4 cm³/mol. The Kier molecular flexibility index (Phi) is 5.93. The largest absolute Gasteiger partial charge is 0.378 e. The maximum atomic E-state index is 13.0. The van der Waals surface area contributed by atoms with E-state index in [2.05, 4.69) is 4.72 Å². The van der Waals surface area contributed by atoms with Crippen molar-refractivity contribution in [2.75, 3.05) is 26.3 Å². The fourth-order valence-corrected chi connectivity index (χ4v) is 4.21. The smallest absolute Gasteiger partial charge is 0.245 e. The molecule has 1 heterocycles. The molecule has 1 fully saturated rings. The first kappa shape index (κ1) is 18.8. The number of hydrogen-bond donors (Lipinski definition) is 1. The van der Waals surface area contributed by atoms with Gasteiger partial charge in [0.05, 0.1) is 18.1 Å². The van der Waals surface area contributed by atoms with Crippen LogP contribution in [-0.2, 0) is 19.6 Å². The number of carbonyl (C=O) groups excluding carboxylic acids is 1. The Morgan fingerprint density at radius 2 is 1.77 bits per heavy atom. The van der Waals surface area contributed by atoms with Crippen molar-refractivity contribution in [1.29, 1.82) is 0 Å². The number of rotatable bonds is 5. The van der Waals surface area contributed by atoms with E-state index >= 15 is 0 Å². The summed E-state index contributed by atoms with van der Waals surface area (Å²) in [7, 11) is -3.93. The van der Waals surface area contributed by atoms with Gasteiger partial charge in [-0.2, -0.15) is 4.72 Å². The highest BCUT2D eigenvalue weighted by molar-refractivity contribution is 7.89. The van der Waals surface area contributed by atoms with Gasteiger partial charge in [0.25, 0.3) is 0 Å². The molecule has 1 aliphatic heterocycles. The van der Waals surface area contributed by atoms with Gasteiger partial charge in [-0.05, 0) is 23.8 Å². The first-order valence-corrected chi connectivity index (χ1v) is 10.0. The van der Waals surface area contributed by atoms with Gasteiger partial charge in [0, 0.05) is 18.1 Å². The summed E-state index contributed by atoms with van der Waals surface area (Å²) in [5, 5.41) is 0.309. The van der Waals surface area contributed by atoms with E-state index in [1.807, 2.05) is 6.07 Å². The predicted octanol–water partition coefficient (Wildman–Crippen LogP) is 2.22. The highest BCUT2D eigenvalue weighted by atomic mass is 35.5. The molecular weight excluding hydrogens is 376 g/mol.